The van der Waals surface area contributed by atoms with Crippen molar-refractivity contribution < 1.29 is 19.4 Å². The monoisotopic (exact) mass is 298 g/mol. The van der Waals surface area contributed by atoms with Crippen molar-refractivity contribution in [2.24, 2.45) is 0 Å². The molecule has 2 rings (SSSR count). The molecule has 21 heavy (non-hydrogen) atoms. The first kappa shape index (κ1) is 16.1. The van der Waals surface area contributed by atoms with E-state index in [2.05, 4.69) is 5.32 Å². The number of nitrogens with one attached hydrogen (secondary N) is 1. The van der Waals surface area contributed by atoms with Gasteiger partial charge >= 0.3 is 12.0 Å². The highest BCUT2D eigenvalue weighted by Gasteiger charge is 2.42. The SMILES string of the molecule is CN(C(=O)NC1(C(=O)O)CCOCC1)C1CCCCCC1. The molecule has 6 heteroatoms. The van der Waals surface area contributed by atoms with Gasteiger partial charge in [-0.15, -0.1) is 0 Å². The van der Waals surface area contributed by atoms with Crippen molar-refractivity contribution in [3.05, 3.63) is 0 Å². The van der Waals surface area contributed by atoms with Crippen LogP contribution in [-0.4, -0.2) is 53.8 Å². The summed E-state index contributed by atoms with van der Waals surface area (Å²) in [7, 11) is 1.78. The molecule has 0 unspecified atom stereocenters. The van der Waals surface area contributed by atoms with Crippen LogP contribution in [0.5, 0.6) is 0 Å². The Hall–Kier alpha value is -1.30. The Balaban J connectivity index is 1.99. The molecule has 0 aromatic heterocycles. The molecule has 1 heterocycles. The molecule has 2 amide bonds. The molecule has 1 aliphatic carbocycles. The maximum Gasteiger partial charge on any atom is 0.329 e. The number of ether oxygens (including phenoxy) is 1. The largest absolute Gasteiger partial charge is 0.480 e. The fourth-order valence-corrected chi connectivity index (χ4v) is 3.22. The van der Waals surface area contributed by atoms with E-state index in [1.54, 1.807) is 11.9 Å². The second-order valence-electron chi connectivity index (χ2n) is 6.19. The molecule has 2 aliphatic rings. The van der Waals surface area contributed by atoms with Gasteiger partial charge in [0.15, 0.2) is 0 Å². The summed E-state index contributed by atoms with van der Waals surface area (Å²) in [6.45, 7) is 0.749. The molecule has 120 valence electrons. The van der Waals surface area contributed by atoms with Crippen LogP contribution in [-0.2, 0) is 9.53 Å². The summed E-state index contributed by atoms with van der Waals surface area (Å²) in [5, 5.41) is 12.2. The van der Waals surface area contributed by atoms with Crippen molar-refractivity contribution >= 4 is 12.0 Å². The maximum atomic E-state index is 12.4. The Morgan fingerprint density at radius 1 is 1.14 bits per heavy atom. The summed E-state index contributed by atoms with van der Waals surface area (Å²) in [5.74, 6) is -0.964. The molecule has 0 bridgehead atoms. The van der Waals surface area contributed by atoms with E-state index in [0.717, 1.165) is 25.7 Å². The summed E-state index contributed by atoms with van der Waals surface area (Å²) in [5.41, 5.74) is -1.17. The lowest BCUT2D eigenvalue weighted by molar-refractivity contribution is -0.148. The summed E-state index contributed by atoms with van der Waals surface area (Å²) >= 11 is 0. The van der Waals surface area contributed by atoms with Gasteiger partial charge in [-0.3, -0.25) is 0 Å². The highest BCUT2D eigenvalue weighted by atomic mass is 16.5. The van der Waals surface area contributed by atoms with Crippen LogP contribution in [0.1, 0.15) is 51.4 Å². The highest BCUT2D eigenvalue weighted by Crippen LogP contribution is 2.24. The van der Waals surface area contributed by atoms with E-state index in [9.17, 15) is 14.7 Å². The minimum absolute atomic E-state index is 0.221. The Bertz CT molecular complexity index is 372. The van der Waals surface area contributed by atoms with Crippen LogP contribution in [0.25, 0.3) is 0 Å². The molecule has 1 saturated carbocycles. The zero-order chi connectivity index (χ0) is 15.3. The summed E-state index contributed by atoms with van der Waals surface area (Å²) in [6, 6.07) is -0.0515. The van der Waals surface area contributed by atoms with E-state index >= 15 is 0 Å². The Labute approximate surface area is 125 Å². The first-order chi connectivity index (χ1) is 10.1. The summed E-state index contributed by atoms with van der Waals surface area (Å²) < 4.78 is 5.22. The number of hydrogen-bond acceptors (Lipinski definition) is 3. The first-order valence-electron chi connectivity index (χ1n) is 7.91. The van der Waals surface area contributed by atoms with Crippen LogP contribution in [0.2, 0.25) is 0 Å². The number of carboxylic acids is 1. The molecule has 0 atom stereocenters. The Morgan fingerprint density at radius 2 is 1.71 bits per heavy atom. The van der Waals surface area contributed by atoms with Gasteiger partial charge in [0.1, 0.15) is 5.54 Å². The van der Waals surface area contributed by atoms with E-state index in [4.69, 9.17) is 4.74 Å². The zero-order valence-corrected chi connectivity index (χ0v) is 12.8. The molecule has 1 saturated heterocycles. The molecular formula is C15H26N2O4. The van der Waals surface area contributed by atoms with Crippen LogP contribution >= 0.6 is 0 Å². The zero-order valence-electron chi connectivity index (χ0n) is 12.8. The summed E-state index contributed by atoms with van der Waals surface area (Å²) in [6.07, 6.45) is 7.39. The number of hydrogen-bond donors (Lipinski definition) is 2. The van der Waals surface area contributed by atoms with Gasteiger partial charge in [0.05, 0.1) is 0 Å². The number of rotatable bonds is 3. The van der Waals surface area contributed by atoms with Crippen LogP contribution in [0, 0.1) is 0 Å². The minimum atomic E-state index is -1.17. The topological polar surface area (TPSA) is 78.9 Å². The molecule has 0 spiro atoms. The lowest BCUT2D eigenvalue weighted by Gasteiger charge is -2.37. The average Bonchev–Trinajstić information content (AvgIpc) is 2.76. The molecule has 0 aromatic carbocycles. The maximum absolute atomic E-state index is 12.4. The average molecular weight is 298 g/mol. The molecular weight excluding hydrogens is 272 g/mol. The van der Waals surface area contributed by atoms with Crippen molar-refractivity contribution in [1.82, 2.24) is 10.2 Å². The van der Waals surface area contributed by atoms with Gasteiger partial charge in [-0.2, -0.15) is 0 Å². The quantitative estimate of drug-likeness (QED) is 0.781. The van der Waals surface area contributed by atoms with E-state index in [1.165, 1.54) is 12.8 Å². The number of carboxylic acid groups (broad SMARTS) is 1. The predicted molar refractivity (Wildman–Crippen MR) is 78.2 cm³/mol. The van der Waals surface area contributed by atoms with Crippen LogP contribution < -0.4 is 5.32 Å². The van der Waals surface area contributed by atoms with Crippen LogP contribution in [0.4, 0.5) is 4.79 Å². The molecule has 6 nitrogen and oxygen atoms in total. The van der Waals surface area contributed by atoms with Gasteiger partial charge < -0.3 is 20.1 Å². The van der Waals surface area contributed by atoms with Crippen molar-refractivity contribution in [3.63, 3.8) is 0 Å². The van der Waals surface area contributed by atoms with Gasteiger partial charge in [-0.25, -0.2) is 9.59 Å². The number of urea groups is 1. The number of amides is 2. The second kappa shape index (κ2) is 7.11. The number of carbonyl (C=O) groups excluding carboxylic acids is 1. The lowest BCUT2D eigenvalue weighted by Crippen LogP contribution is -2.60. The van der Waals surface area contributed by atoms with E-state index in [1.807, 2.05) is 0 Å². The molecule has 0 radical (unpaired) electrons. The van der Waals surface area contributed by atoms with Crippen LogP contribution in [0.3, 0.4) is 0 Å². The number of aliphatic carboxylic acids is 1. The minimum Gasteiger partial charge on any atom is -0.480 e. The van der Waals surface area contributed by atoms with Gasteiger partial charge in [-0.1, -0.05) is 25.7 Å². The van der Waals surface area contributed by atoms with Gasteiger partial charge in [-0.05, 0) is 12.8 Å². The fraction of sp³-hybridized carbons (Fsp3) is 0.867. The Morgan fingerprint density at radius 3 is 2.24 bits per heavy atom. The smallest absolute Gasteiger partial charge is 0.329 e. The van der Waals surface area contributed by atoms with Crippen molar-refractivity contribution in [2.75, 3.05) is 20.3 Å². The molecule has 0 aromatic rings. The van der Waals surface area contributed by atoms with Gasteiger partial charge in [0.2, 0.25) is 0 Å². The second-order valence-corrected chi connectivity index (χ2v) is 6.19. The third kappa shape index (κ3) is 3.87. The normalized spacial score (nSPS) is 23.1. The van der Waals surface area contributed by atoms with E-state index < -0.39 is 11.5 Å². The van der Waals surface area contributed by atoms with Crippen molar-refractivity contribution in [2.45, 2.75) is 62.9 Å². The molecule has 1 aliphatic heterocycles. The predicted octanol–water partition coefficient (Wildman–Crippen LogP) is 1.98. The first-order valence-corrected chi connectivity index (χ1v) is 7.91. The van der Waals surface area contributed by atoms with E-state index in [-0.39, 0.29) is 12.1 Å². The number of nitrogens with zero attached hydrogens (tertiary/aromatic N) is 1. The van der Waals surface area contributed by atoms with E-state index in [0.29, 0.717) is 26.1 Å². The Kier molecular flexibility index (Phi) is 5.45. The van der Waals surface area contributed by atoms with Crippen LogP contribution in [0.15, 0.2) is 0 Å². The third-order valence-electron chi connectivity index (χ3n) is 4.79. The fourth-order valence-electron chi connectivity index (χ4n) is 3.22. The molecule has 2 fully saturated rings. The molecule has 2 N–H and O–H groups in total. The highest BCUT2D eigenvalue weighted by molar-refractivity contribution is 5.86. The van der Waals surface area contributed by atoms with Gasteiger partial charge in [0.25, 0.3) is 0 Å². The number of carbonyl (C=O) groups is 2. The lowest BCUT2D eigenvalue weighted by atomic mass is 9.90. The van der Waals surface area contributed by atoms with Crippen molar-refractivity contribution in [3.8, 4) is 0 Å². The standard InChI is InChI=1S/C15H26N2O4/c1-17(12-6-4-2-3-5-7-12)14(20)16-15(13(18)19)8-10-21-11-9-15/h12H,2-11H2,1H3,(H,16,20)(H,18,19). The summed E-state index contributed by atoms with van der Waals surface area (Å²) in [4.78, 5) is 25.7. The third-order valence-corrected chi connectivity index (χ3v) is 4.79. The van der Waals surface area contributed by atoms with Crippen molar-refractivity contribution in [1.29, 1.82) is 0 Å². The van der Waals surface area contributed by atoms with Gasteiger partial charge in [0, 0.05) is 39.1 Å².